The molecule has 5 heteroatoms. The molecule has 1 aromatic heterocycles. The molecule has 0 N–H and O–H groups in total. The molecule has 0 saturated heterocycles. The van der Waals surface area contributed by atoms with Gasteiger partial charge < -0.3 is 0 Å². The number of hydrogen-bond acceptors (Lipinski definition) is 3. The van der Waals surface area contributed by atoms with E-state index in [0.717, 1.165) is 9.75 Å². The Bertz CT molecular complexity index is 1010. The normalized spacial score (nSPS) is 9.88. The van der Waals surface area contributed by atoms with Crippen molar-refractivity contribution in [2.45, 2.75) is 6.92 Å². The van der Waals surface area contributed by atoms with Crippen molar-refractivity contribution in [1.29, 1.82) is 0 Å². The molecule has 0 spiro atoms. The van der Waals surface area contributed by atoms with Gasteiger partial charge in [-0.1, -0.05) is 24.0 Å². The van der Waals surface area contributed by atoms with Crippen LogP contribution in [-0.2, 0) is 0 Å². The number of thiocarbonyl (C=S) groups is 1. The van der Waals surface area contributed by atoms with Gasteiger partial charge in [0.15, 0.2) is 0 Å². The molecule has 0 unspecified atom stereocenters. The molecular formula is C20H11F2NS2. The van der Waals surface area contributed by atoms with Gasteiger partial charge in [-0.3, -0.25) is 0 Å². The van der Waals surface area contributed by atoms with Gasteiger partial charge in [0.05, 0.1) is 21.3 Å². The summed E-state index contributed by atoms with van der Waals surface area (Å²) in [5.41, 5.74) is 1.52. The fraction of sp³-hybridized carbons (Fsp3) is 0.0500. The largest absolute Gasteiger partial charge is 0.205 e. The number of halogens is 2. The van der Waals surface area contributed by atoms with Crippen molar-refractivity contribution >= 4 is 34.4 Å². The smallest absolute Gasteiger partial charge is 0.142 e. The van der Waals surface area contributed by atoms with Gasteiger partial charge in [-0.2, -0.15) is 4.99 Å². The van der Waals surface area contributed by atoms with Gasteiger partial charge in [-0.15, -0.1) is 11.3 Å². The average Bonchev–Trinajstić information content (AvgIpc) is 3.00. The first-order chi connectivity index (χ1) is 12.1. The molecule has 0 fully saturated rings. The first kappa shape index (κ1) is 17.2. The molecule has 25 heavy (non-hydrogen) atoms. The lowest BCUT2D eigenvalue weighted by molar-refractivity contribution is 0.578. The lowest BCUT2D eigenvalue weighted by atomic mass is 10.0. The number of aliphatic imine (C=N–C) groups is 1. The summed E-state index contributed by atoms with van der Waals surface area (Å²) < 4.78 is 28.6. The van der Waals surface area contributed by atoms with Crippen LogP contribution < -0.4 is 0 Å². The molecule has 0 saturated carbocycles. The van der Waals surface area contributed by atoms with E-state index in [1.807, 2.05) is 19.1 Å². The third-order valence-electron chi connectivity index (χ3n) is 3.47. The number of rotatable bonds is 2. The van der Waals surface area contributed by atoms with Crippen LogP contribution in [-0.4, -0.2) is 5.16 Å². The molecule has 0 aliphatic heterocycles. The highest BCUT2D eigenvalue weighted by Gasteiger charge is 2.10. The molecular weight excluding hydrogens is 356 g/mol. The Morgan fingerprint density at radius 2 is 1.60 bits per heavy atom. The second-order valence-corrected chi connectivity index (χ2v) is 6.70. The van der Waals surface area contributed by atoms with Gasteiger partial charge in [-0.25, -0.2) is 8.78 Å². The second kappa shape index (κ2) is 7.50. The molecule has 0 aliphatic carbocycles. The van der Waals surface area contributed by atoms with E-state index in [-0.39, 0.29) is 5.56 Å². The summed E-state index contributed by atoms with van der Waals surface area (Å²) in [5.74, 6) is 4.03. The molecule has 1 heterocycles. The van der Waals surface area contributed by atoms with Gasteiger partial charge in [0.2, 0.25) is 0 Å². The molecule has 122 valence electrons. The lowest BCUT2D eigenvalue weighted by Gasteiger charge is -2.05. The maximum Gasteiger partial charge on any atom is 0.142 e. The van der Waals surface area contributed by atoms with Crippen LogP contribution >= 0.6 is 23.6 Å². The summed E-state index contributed by atoms with van der Waals surface area (Å²) in [4.78, 5) is 5.72. The lowest BCUT2D eigenvalue weighted by Crippen LogP contribution is -1.92. The molecule has 0 radical (unpaired) electrons. The molecule has 3 aromatic rings. The molecule has 0 bridgehead atoms. The number of thiophene rings is 1. The van der Waals surface area contributed by atoms with Crippen LogP contribution in [0.25, 0.3) is 11.1 Å². The van der Waals surface area contributed by atoms with Crippen molar-refractivity contribution in [1.82, 2.24) is 0 Å². The highest BCUT2D eigenvalue weighted by molar-refractivity contribution is 7.78. The Labute approximate surface area is 153 Å². The molecule has 0 atom stereocenters. The molecule has 2 aromatic carbocycles. The van der Waals surface area contributed by atoms with Crippen molar-refractivity contribution < 1.29 is 8.78 Å². The highest BCUT2D eigenvalue weighted by atomic mass is 32.1. The van der Waals surface area contributed by atoms with Crippen LogP contribution in [0.1, 0.15) is 15.3 Å². The minimum absolute atomic E-state index is 0.225. The van der Waals surface area contributed by atoms with Crippen molar-refractivity contribution in [3.05, 3.63) is 75.5 Å². The molecule has 1 nitrogen and oxygen atoms in total. The Morgan fingerprint density at radius 3 is 2.16 bits per heavy atom. The van der Waals surface area contributed by atoms with Crippen LogP contribution in [0.2, 0.25) is 0 Å². The first-order valence-electron chi connectivity index (χ1n) is 7.32. The minimum Gasteiger partial charge on any atom is -0.205 e. The van der Waals surface area contributed by atoms with Crippen LogP contribution in [0, 0.1) is 30.4 Å². The van der Waals surface area contributed by atoms with E-state index in [0.29, 0.717) is 16.8 Å². The SMILES string of the molecule is Cc1ccc(C#Cc2c(F)cc(-c3ccc(N=C=S)cc3)cc2F)s1. The number of isothiocyanates is 1. The van der Waals surface area contributed by atoms with Gasteiger partial charge in [-0.05, 0) is 66.7 Å². The van der Waals surface area contributed by atoms with Crippen LogP contribution in [0.3, 0.4) is 0 Å². The van der Waals surface area contributed by atoms with Crippen molar-refractivity contribution in [2.75, 3.05) is 0 Å². The fourth-order valence-corrected chi connectivity index (χ4v) is 3.09. The standard InChI is InChI=1S/C20H11F2NS2/c1-13-2-7-17(25-13)8-9-18-19(21)10-15(11-20(18)22)14-3-5-16(6-4-14)23-12-24/h2-7,10-11H,1H3. The second-order valence-electron chi connectivity index (χ2n) is 5.23. The van der Waals surface area contributed by atoms with Crippen LogP contribution in [0.4, 0.5) is 14.5 Å². The topological polar surface area (TPSA) is 12.4 Å². The number of nitrogens with zero attached hydrogens (tertiary/aromatic N) is 1. The van der Waals surface area contributed by atoms with E-state index >= 15 is 0 Å². The van der Waals surface area contributed by atoms with E-state index in [2.05, 4.69) is 34.2 Å². The highest BCUT2D eigenvalue weighted by Crippen LogP contribution is 2.26. The Balaban J connectivity index is 1.95. The maximum absolute atomic E-state index is 14.3. The predicted octanol–water partition coefficient (Wildman–Crippen LogP) is 6.14. The summed E-state index contributed by atoms with van der Waals surface area (Å²) in [5, 5.41) is 2.27. The van der Waals surface area contributed by atoms with E-state index in [1.54, 1.807) is 24.3 Å². The molecule has 0 aliphatic rings. The van der Waals surface area contributed by atoms with E-state index < -0.39 is 11.6 Å². The summed E-state index contributed by atoms with van der Waals surface area (Å²) in [6, 6.07) is 13.2. The summed E-state index contributed by atoms with van der Waals surface area (Å²) in [7, 11) is 0. The predicted molar refractivity (Wildman–Crippen MR) is 102 cm³/mol. The Morgan fingerprint density at radius 1 is 0.920 bits per heavy atom. The minimum atomic E-state index is -0.684. The van der Waals surface area contributed by atoms with E-state index in [4.69, 9.17) is 0 Å². The monoisotopic (exact) mass is 367 g/mol. The van der Waals surface area contributed by atoms with Gasteiger partial charge in [0.1, 0.15) is 11.6 Å². The summed E-state index contributed by atoms with van der Waals surface area (Å²) >= 11 is 6.03. The third-order valence-corrected chi connectivity index (χ3v) is 4.48. The number of benzene rings is 2. The molecule has 3 rings (SSSR count). The Kier molecular flexibility index (Phi) is 5.16. The quantitative estimate of drug-likeness (QED) is 0.301. The summed E-state index contributed by atoms with van der Waals surface area (Å²) in [6.45, 7) is 1.95. The van der Waals surface area contributed by atoms with Gasteiger partial charge in [0, 0.05) is 4.88 Å². The maximum atomic E-state index is 14.3. The zero-order valence-corrected chi connectivity index (χ0v) is 14.8. The number of hydrogen-bond donors (Lipinski definition) is 0. The average molecular weight is 367 g/mol. The van der Waals surface area contributed by atoms with Crippen molar-refractivity contribution in [3.8, 4) is 23.0 Å². The van der Waals surface area contributed by atoms with Gasteiger partial charge >= 0.3 is 0 Å². The van der Waals surface area contributed by atoms with Crippen LogP contribution in [0.15, 0.2) is 53.5 Å². The van der Waals surface area contributed by atoms with E-state index in [1.165, 1.54) is 23.5 Å². The number of aryl methyl sites for hydroxylation is 1. The zero-order chi connectivity index (χ0) is 17.8. The molecule has 0 amide bonds. The van der Waals surface area contributed by atoms with Crippen LogP contribution in [0.5, 0.6) is 0 Å². The van der Waals surface area contributed by atoms with Gasteiger partial charge in [0.25, 0.3) is 0 Å². The first-order valence-corrected chi connectivity index (χ1v) is 8.55. The van der Waals surface area contributed by atoms with Crippen molar-refractivity contribution in [3.63, 3.8) is 0 Å². The fourth-order valence-electron chi connectivity index (χ4n) is 2.27. The van der Waals surface area contributed by atoms with E-state index in [9.17, 15) is 8.78 Å². The van der Waals surface area contributed by atoms with Crippen molar-refractivity contribution in [2.24, 2.45) is 4.99 Å². The Hall–Kier alpha value is -2.64. The summed E-state index contributed by atoms with van der Waals surface area (Å²) in [6.07, 6.45) is 0. The third kappa shape index (κ3) is 4.07. The zero-order valence-electron chi connectivity index (χ0n) is 13.1.